The first-order valence-corrected chi connectivity index (χ1v) is 13.5. The predicted octanol–water partition coefficient (Wildman–Crippen LogP) is 4.95. The van der Waals surface area contributed by atoms with Gasteiger partial charge in [-0.25, -0.2) is 0 Å². The molecule has 2 fully saturated rings. The zero-order valence-electron chi connectivity index (χ0n) is 21.4. The molecule has 2 aliphatic rings. The van der Waals surface area contributed by atoms with Crippen molar-refractivity contribution in [2.45, 2.75) is 25.9 Å². The average molecular weight is 512 g/mol. The number of benzene rings is 2. The number of hydrogen-bond acceptors (Lipinski definition) is 4. The van der Waals surface area contributed by atoms with Crippen LogP contribution in [0.4, 0.5) is 0 Å². The summed E-state index contributed by atoms with van der Waals surface area (Å²) < 4.78 is 7.96. The van der Waals surface area contributed by atoms with E-state index in [9.17, 15) is 0 Å². The van der Waals surface area contributed by atoms with Crippen molar-refractivity contribution in [1.82, 2.24) is 24.7 Å². The van der Waals surface area contributed by atoms with Crippen LogP contribution in [0.2, 0.25) is 0 Å². The molecule has 2 aliphatic heterocycles. The average Bonchev–Trinajstić information content (AvgIpc) is 3.42. The monoisotopic (exact) mass is 511 g/mol. The van der Waals surface area contributed by atoms with Crippen LogP contribution in [0.5, 0.6) is 0 Å². The summed E-state index contributed by atoms with van der Waals surface area (Å²) in [7, 11) is 0. The van der Waals surface area contributed by atoms with Gasteiger partial charge in [-0.15, -0.1) is 0 Å². The number of rotatable bonds is 6. The highest BCUT2D eigenvalue weighted by Gasteiger charge is 2.41. The van der Waals surface area contributed by atoms with E-state index in [1.807, 2.05) is 12.3 Å². The molecule has 0 radical (unpaired) electrons. The normalized spacial score (nSPS) is 20.5. The third-order valence-electron chi connectivity index (χ3n) is 7.76. The van der Waals surface area contributed by atoms with Gasteiger partial charge in [0, 0.05) is 49.1 Å². The predicted molar refractivity (Wildman–Crippen MR) is 152 cm³/mol. The Morgan fingerprint density at radius 2 is 1.76 bits per heavy atom. The Hall–Kier alpha value is -3.26. The summed E-state index contributed by atoms with van der Waals surface area (Å²) in [6, 6.07) is 23.6. The third-order valence-corrected chi connectivity index (χ3v) is 8.11. The molecular weight excluding hydrogens is 478 g/mol. The molecule has 0 aliphatic carbocycles. The van der Waals surface area contributed by atoms with Crippen LogP contribution in [-0.2, 0) is 4.74 Å². The lowest BCUT2D eigenvalue weighted by molar-refractivity contribution is 0.0350. The van der Waals surface area contributed by atoms with Crippen molar-refractivity contribution in [3.63, 3.8) is 0 Å². The zero-order valence-corrected chi connectivity index (χ0v) is 22.2. The van der Waals surface area contributed by atoms with Gasteiger partial charge in [0.25, 0.3) is 0 Å². The molecule has 6 rings (SSSR count). The Morgan fingerprint density at radius 3 is 2.57 bits per heavy atom. The molecular formula is C30H33N5OS. The number of ether oxygens (including phenoxy) is 1. The first-order valence-electron chi connectivity index (χ1n) is 13.1. The molecule has 6 nitrogen and oxygen atoms in total. The van der Waals surface area contributed by atoms with Gasteiger partial charge in [0.2, 0.25) is 0 Å². The number of morpholine rings is 1. The summed E-state index contributed by atoms with van der Waals surface area (Å²) in [6.07, 6.45) is 1.87. The van der Waals surface area contributed by atoms with Crippen molar-refractivity contribution in [3.05, 3.63) is 95.6 Å². The lowest BCUT2D eigenvalue weighted by atomic mass is 9.96. The van der Waals surface area contributed by atoms with E-state index in [4.69, 9.17) is 21.9 Å². The molecule has 2 aromatic heterocycles. The highest BCUT2D eigenvalue weighted by atomic mass is 32.1. The molecule has 0 spiro atoms. The fourth-order valence-corrected chi connectivity index (χ4v) is 6.25. The van der Waals surface area contributed by atoms with Crippen molar-refractivity contribution >= 4 is 28.1 Å². The van der Waals surface area contributed by atoms with Gasteiger partial charge in [0.05, 0.1) is 36.7 Å². The number of fused-ring (bicyclic) bond motifs is 1. The number of aryl methyl sites for hydroxylation is 1. The number of pyridine rings is 1. The molecule has 0 bridgehead atoms. The van der Waals surface area contributed by atoms with E-state index in [0.29, 0.717) is 0 Å². The van der Waals surface area contributed by atoms with Crippen LogP contribution in [0.3, 0.4) is 0 Å². The Kier molecular flexibility index (Phi) is 6.67. The van der Waals surface area contributed by atoms with Crippen molar-refractivity contribution in [2.24, 2.45) is 0 Å². The van der Waals surface area contributed by atoms with Gasteiger partial charge in [-0.05, 0) is 61.3 Å². The zero-order chi connectivity index (χ0) is 25.4. The largest absolute Gasteiger partial charge is 0.379 e. The maximum Gasteiger partial charge on any atom is 0.170 e. The number of hydrogen-bond donors (Lipinski definition) is 1. The Morgan fingerprint density at radius 1 is 0.973 bits per heavy atom. The number of nitrogens with zero attached hydrogens (tertiary/aromatic N) is 4. The molecule has 2 aromatic carbocycles. The lowest BCUT2D eigenvalue weighted by Crippen LogP contribution is -2.42. The Bertz CT molecular complexity index is 1410. The van der Waals surface area contributed by atoms with Crippen molar-refractivity contribution in [1.29, 1.82) is 0 Å². The van der Waals surface area contributed by atoms with Crippen LogP contribution in [0.25, 0.3) is 16.5 Å². The summed E-state index contributed by atoms with van der Waals surface area (Å²) in [5.74, 6) is 0. The highest BCUT2D eigenvalue weighted by molar-refractivity contribution is 7.80. The van der Waals surface area contributed by atoms with Gasteiger partial charge in [-0.1, -0.05) is 42.5 Å². The highest BCUT2D eigenvalue weighted by Crippen LogP contribution is 2.41. The van der Waals surface area contributed by atoms with E-state index in [2.05, 4.69) is 94.2 Å². The van der Waals surface area contributed by atoms with Gasteiger partial charge in [-0.3, -0.25) is 9.88 Å². The lowest BCUT2D eigenvalue weighted by Gasteiger charge is -2.32. The number of nitrogens with one attached hydrogen (secondary N) is 1. The van der Waals surface area contributed by atoms with Crippen LogP contribution in [0.1, 0.15) is 34.7 Å². The smallest absolute Gasteiger partial charge is 0.170 e. The third kappa shape index (κ3) is 4.52. The molecule has 4 aromatic rings. The van der Waals surface area contributed by atoms with E-state index < -0.39 is 0 Å². The van der Waals surface area contributed by atoms with Crippen LogP contribution in [0, 0.1) is 13.8 Å². The van der Waals surface area contributed by atoms with Crippen molar-refractivity contribution < 1.29 is 4.74 Å². The molecule has 0 unspecified atom stereocenters. The minimum absolute atomic E-state index is 0.0140. The molecule has 190 valence electrons. The van der Waals surface area contributed by atoms with Crippen LogP contribution < -0.4 is 5.32 Å². The van der Waals surface area contributed by atoms with Gasteiger partial charge in [0.1, 0.15) is 0 Å². The number of aromatic nitrogens is 2. The first kappa shape index (κ1) is 24.1. The van der Waals surface area contributed by atoms with E-state index in [1.54, 1.807) is 0 Å². The molecule has 0 saturated carbocycles. The van der Waals surface area contributed by atoms with E-state index in [-0.39, 0.29) is 12.1 Å². The van der Waals surface area contributed by atoms with E-state index in [0.717, 1.165) is 50.2 Å². The second-order valence-corrected chi connectivity index (χ2v) is 10.3. The van der Waals surface area contributed by atoms with Gasteiger partial charge >= 0.3 is 0 Å². The van der Waals surface area contributed by atoms with Gasteiger partial charge < -0.3 is 19.5 Å². The number of thiocarbonyl (C=S) groups is 1. The summed E-state index contributed by atoms with van der Waals surface area (Å²) >= 11 is 5.94. The van der Waals surface area contributed by atoms with Crippen LogP contribution in [-0.4, -0.2) is 63.9 Å². The van der Waals surface area contributed by atoms with Gasteiger partial charge in [-0.2, -0.15) is 0 Å². The minimum Gasteiger partial charge on any atom is -0.379 e. The maximum absolute atomic E-state index is 5.94. The standard InChI is InChI=1S/C30H33N5OS/c1-21-20-25(22(2)35(21)27-12-7-9-23-8-3-4-10-24(23)27)29-28(26-11-5-6-13-31-26)32-30(37)34(29)15-14-33-16-18-36-19-17-33/h3-13,20,28-29H,14-19H2,1-2H3,(H,32,37)/t28-,29+/m1/s1. The summed E-state index contributed by atoms with van der Waals surface area (Å²) in [5.41, 5.74) is 5.97. The van der Waals surface area contributed by atoms with E-state index >= 15 is 0 Å². The fourth-order valence-electron chi connectivity index (χ4n) is 5.92. The molecule has 2 saturated heterocycles. The fraction of sp³-hybridized carbons (Fsp3) is 0.333. The molecule has 2 atom stereocenters. The SMILES string of the molecule is Cc1cc([C@H]2[C@@H](c3ccccn3)NC(=S)N2CCN2CCOCC2)c(C)n1-c1cccc2ccccc12. The quantitative estimate of drug-likeness (QED) is 0.370. The Labute approximate surface area is 223 Å². The topological polar surface area (TPSA) is 45.6 Å². The van der Waals surface area contributed by atoms with E-state index in [1.165, 1.54) is 33.4 Å². The maximum atomic E-state index is 5.94. The second kappa shape index (κ2) is 10.2. The molecule has 1 N–H and O–H groups in total. The van der Waals surface area contributed by atoms with Crippen molar-refractivity contribution in [2.75, 3.05) is 39.4 Å². The van der Waals surface area contributed by atoms with Crippen LogP contribution in [0.15, 0.2) is 72.9 Å². The Balaban J connectivity index is 1.42. The van der Waals surface area contributed by atoms with Crippen molar-refractivity contribution in [3.8, 4) is 5.69 Å². The molecule has 7 heteroatoms. The molecule has 0 amide bonds. The summed E-state index contributed by atoms with van der Waals surface area (Å²) in [5, 5.41) is 6.92. The summed E-state index contributed by atoms with van der Waals surface area (Å²) in [4.78, 5) is 9.57. The summed E-state index contributed by atoms with van der Waals surface area (Å²) in [6.45, 7) is 9.80. The van der Waals surface area contributed by atoms with Crippen LogP contribution >= 0.6 is 12.2 Å². The van der Waals surface area contributed by atoms with Gasteiger partial charge in [0.15, 0.2) is 5.11 Å². The first-order chi connectivity index (χ1) is 18.1. The second-order valence-electron chi connectivity index (χ2n) is 9.93. The molecule has 37 heavy (non-hydrogen) atoms. The molecule has 4 heterocycles. The minimum atomic E-state index is -0.0140.